The molecule has 0 saturated carbocycles. The summed E-state index contributed by atoms with van der Waals surface area (Å²) in [6, 6.07) is 0. The number of nitrogens with zero attached hydrogens (tertiary/aromatic N) is 1. The van der Waals surface area contributed by atoms with Crippen LogP contribution in [0, 0.1) is 0 Å². The van der Waals surface area contributed by atoms with Gasteiger partial charge in [-0.2, -0.15) is 0 Å². The van der Waals surface area contributed by atoms with Crippen molar-refractivity contribution in [2.24, 2.45) is 0 Å². The molecule has 1 fully saturated rings. The lowest BCUT2D eigenvalue weighted by atomic mass is 9.93. The number of thiazole rings is 1. The van der Waals surface area contributed by atoms with Gasteiger partial charge < -0.3 is 10.1 Å². The van der Waals surface area contributed by atoms with Gasteiger partial charge in [0.1, 0.15) is 5.01 Å². The van der Waals surface area contributed by atoms with Gasteiger partial charge in [-0.1, -0.05) is 0 Å². The highest BCUT2D eigenvalue weighted by Gasteiger charge is 2.44. The van der Waals surface area contributed by atoms with E-state index >= 15 is 0 Å². The Hall–Kier alpha value is -0.450. The molecule has 0 bridgehead atoms. The fourth-order valence-electron chi connectivity index (χ4n) is 2.84. The van der Waals surface area contributed by atoms with Crippen molar-refractivity contribution >= 4 is 11.3 Å². The summed E-state index contributed by atoms with van der Waals surface area (Å²) in [4.78, 5) is 6.35. The van der Waals surface area contributed by atoms with Gasteiger partial charge in [0, 0.05) is 11.5 Å². The van der Waals surface area contributed by atoms with Crippen LogP contribution in [0.4, 0.5) is 0 Å². The molecular weight excluding hydrogens is 220 g/mol. The van der Waals surface area contributed by atoms with Crippen LogP contribution in [-0.2, 0) is 23.1 Å². The minimum atomic E-state index is -0.0327. The highest BCUT2D eigenvalue weighted by molar-refractivity contribution is 7.12. The largest absolute Gasteiger partial charge is 0.376 e. The van der Waals surface area contributed by atoms with Crippen LogP contribution in [0.2, 0.25) is 0 Å². The molecule has 0 aromatic carbocycles. The molecule has 4 heteroatoms. The van der Waals surface area contributed by atoms with Crippen LogP contribution in [0.3, 0.4) is 0 Å². The van der Waals surface area contributed by atoms with E-state index in [1.807, 2.05) is 18.4 Å². The summed E-state index contributed by atoms with van der Waals surface area (Å²) < 4.78 is 5.72. The fourth-order valence-corrected chi connectivity index (χ4v) is 4.29. The van der Waals surface area contributed by atoms with E-state index in [2.05, 4.69) is 12.2 Å². The normalized spacial score (nSPS) is 33.2. The first kappa shape index (κ1) is 10.7. The van der Waals surface area contributed by atoms with Gasteiger partial charge in [-0.15, -0.1) is 11.3 Å². The quantitative estimate of drug-likeness (QED) is 0.854. The highest BCUT2D eigenvalue weighted by atomic mass is 32.1. The standard InChI is InChI=1S/C12H18N2OS/c1-8-12(13-2,6-7-15-8)11-14-9-4-3-5-10(9)16-11/h8,13H,3-7H2,1-2H3. The number of hydrogen-bond acceptors (Lipinski definition) is 4. The predicted molar refractivity (Wildman–Crippen MR) is 64.9 cm³/mol. The van der Waals surface area contributed by atoms with Crippen LogP contribution in [0.5, 0.6) is 0 Å². The zero-order valence-electron chi connectivity index (χ0n) is 9.88. The molecule has 2 atom stereocenters. The van der Waals surface area contributed by atoms with E-state index < -0.39 is 0 Å². The number of nitrogens with one attached hydrogen (secondary N) is 1. The SMILES string of the molecule is CNC1(c2nc3c(s2)CCC3)CCOC1C. The molecule has 0 amide bonds. The second-order valence-electron chi connectivity index (χ2n) is 4.73. The van der Waals surface area contributed by atoms with E-state index in [4.69, 9.17) is 9.72 Å². The van der Waals surface area contributed by atoms with Gasteiger partial charge in [-0.05, 0) is 39.7 Å². The first-order chi connectivity index (χ1) is 7.76. The first-order valence-corrected chi connectivity index (χ1v) is 6.87. The molecule has 2 heterocycles. The monoisotopic (exact) mass is 238 g/mol. The Labute approximate surface area is 100 Å². The lowest BCUT2D eigenvalue weighted by Gasteiger charge is -2.29. The Bertz CT molecular complexity index is 382. The van der Waals surface area contributed by atoms with Crippen molar-refractivity contribution < 1.29 is 4.74 Å². The summed E-state index contributed by atoms with van der Waals surface area (Å²) in [7, 11) is 2.03. The van der Waals surface area contributed by atoms with Crippen LogP contribution in [-0.4, -0.2) is 24.7 Å². The Morgan fingerprint density at radius 2 is 2.38 bits per heavy atom. The second-order valence-corrected chi connectivity index (χ2v) is 5.81. The maximum absolute atomic E-state index is 5.72. The van der Waals surface area contributed by atoms with Crippen LogP contribution >= 0.6 is 11.3 Å². The third kappa shape index (κ3) is 1.36. The Balaban J connectivity index is 2.00. The van der Waals surface area contributed by atoms with Gasteiger partial charge in [0.2, 0.25) is 0 Å². The molecule has 3 rings (SSSR count). The molecule has 0 radical (unpaired) electrons. The van der Waals surface area contributed by atoms with E-state index in [0.29, 0.717) is 0 Å². The van der Waals surface area contributed by atoms with Crippen LogP contribution in [0.25, 0.3) is 0 Å². The summed E-state index contributed by atoms with van der Waals surface area (Å²) in [6.45, 7) is 2.99. The number of rotatable bonds is 2. The van der Waals surface area contributed by atoms with Gasteiger partial charge in [-0.25, -0.2) is 4.98 Å². The summed E-state index contributed by atoms with van der Waals surface area (Å²) in [5.41, 5.74) is 1.31. The van der Waals surface area contributed by atoms with Crippen molar-refractivity contribution in [3.63, 3.8) is 0 Å². The molecule has 3 nitrogen and oxygen atoms in total. The molecule has 0 spiro atoms. The van der Waals surface area contributed by atoms with Crippen molar-refractivity contribution in [3.05, 3.63) is 15.6 Å². The molecule has 1 aromatic rings. The molecule has 1 aliphatic heterocycles. The number of ether oxygens (including phenoxy) is 1. The molecule has 1 saturated heterocycles. The summed E-state index contributed by atoms with van der Waals surface area (Å²) in [5.74, 6) is 0. The third-order valence-corrected chi connectivity index (χ3v) is 5.32. The van der Waals surface area contributed by atoms with Crippen molar-refractivity contribution in [2.45, 2.75) is 44.2 Å². The van der Waals surface area contributed by atoms with Gasteiger partial charge in [-0.3, -0.25) is 0 Å². The molecule has 1 aliphatic carbocycles. The van der Waals surface area contributed by atoms with Crippen molar-refractivity contribution in [3.8, 4) is 0 Å². The first-order valence-electron chi connectivity index (χ1n) is 6.06. The highest BCUT2D eigenvalue weighted by Crippen LogP contribution is 2.40. The van der Waals surface area contributed by atoms with Crippen LogP contribution in [0.1, 0.15) is 35.3 Å². The van der Waals surface area contributed by atoms with E-state index in [0.717, 1.165) is 13.0 Å². The maximum Gasteiger partial charge on any atom is 0.116 e. The molecule has 2 unspecified atom stereocenters. The average molecular weight is 238 g/mol. The zero-order chi connectivity index (χ0) is 11.2. The van der Waals surface area contributed by atoms with Crippen LogP contribution in [0.15, 0.2) is 0 Å². The molecule has 1 aromatic heterocycles. The molecular formula is C12H18N2OS. The third-order valence-electron chi connectivity index (χ3n) is 3.98. The predicted octanol–water partition coefficient (Wildman–Crippen LogP) is 1.86. The Kier molecular flexibility index (Phi) is 2.53. The molecule has 1 N–H and O–H groups in total. The van der Waals surface area contributed by atoms with E-state index in [9.17, 15) is 0 Å². The molecule has 2 aliphatic rings. The minimum absolute atomic E-state index is 0.0327. The summed E-state index contributed by atoms with van der Waals surface area (Å²) in [5, 5.41) is 4.70. The van der Waals surface area contributed by atoms with E-state index in [-0.39, 0.29) is 11.6 Å². The summed E-state index contributed by atoms with van der Waals surface area (Å²) >= 11 is 1.89. The second kappa shape index (κ2) is 3.79. The fraction of sp³-hybridized carbons (Fsp3) is 0.750. The number of hydrogen-bond donors (Lipinski definition) is 1. The average Bonchev–Trinajstić information content (AvgIpc) is 2.90. The van der Waals surface area contributed by atoms with Gasteiger partial charge in [0.05, 0.1) is 17.3 Å². The summed E-state index contributed by atoms with van der Waals surface area (Å²) in [6.07, 6.45) is 4.94. The zero-order valence-corrected chi connectivity index (χ0v) is 10.7. The van der Waals surface area contributed by atoms with Crippen molar-refractivity contribution in [1.82, 2.24) is 10.3 Å². The van der Waals surface area contributed by atoms with Crippen molar-refractivity contribution in [2.75, 3.05) is 13.7 Å². The van der Waals surface area contributed by atoms with Crippen molar-refractivity contribution in [1.29, 1.82) is 0 Å². The Morgan fingerprint density at radius 3 is 3.00 bits per heavy atom. The maximum atomic E-state index is 5.72. The van der Waals surface area contributed by atoms with Gasteiger partial charge in [0.15, 0.2) is 0 Å². The molecule has 88 valence electrons. The van der Waals surface area contributed by atoms with Gasteiger partial charge in [0.25, 0.3) is 0 Å². The van der Waals surface area contributed by atoms with E-state index in [1.165, 1.54) is 34.8 Å². The topological polar surface area (TPSA) is 34.2 Å². The number of aromatic nitrogens is 1. The van der Waals surface area contributed by atoms with E-state index in [1.54, 1.807) is 0 Å². The lowest BCUT2D eigenvalue weighted by Crippen LogP contribution is -2.45. The number of aryl methyl sites for hydroxylation is 2. The van der Waals surface area contributed by atoms with Crippen LogP contribution < -0.4 is 5.32 Å². The molecule has 16 heavy (non-hydrogen) atoms. The van der Waals surface area contributed by atoms with Gasteiger partial charge >= 0.3 is 0 Å². The number of fused-ring (bicyclic) bond motifs is 1. The smallest absolute Gasteiger partial charge is 0.116 e. The number of likely N-dealkylation sites (N-methyl/N-ethyl adjacent to an activating group) is 1. The Morgan fingerprint density at radius 1 is 1.50 bits per heavy atom. The minimum Gasteiger partial charge on any atom is -0.376 e. The lowest BCUT2D eigenvalue weighted by molar-refractivity contribution is 0.0848.